The molecule has 2 aromatic heterocycles. The van der Waals surface area contributed by atoms with E-state index in [1.165, 1.54) is 11.1 Å². The maximum atomic E-state index is 4.78. The Hall–Kier alpha value is -1.95. The fourth-order valence-electron chi connectivity index (χ4n) is 3.25. The maximum Gasteiger partial charge on any atom is 0.223 e. The van der Waals surface area contributed by atoms with Gasteiger partial charge in [0.25, 0.3) is 0 Å². The molecule has 1 aliphatic heterocycles. The minimum absolute atomic E-state index is 0.471. The molecule has 0 radical (unpaired) electrons. The predicted molar refractivity (Wildman–Crippen MR) is 81.2 cm³/mol. The zero-order valence-electron chi connectivity index (χ0n) is 12.3. The number of rotatable bonds is 2. The molecule has 0 atom stereocenters. The molecule has 0 bridgehead atoms. The van der Waals surface area contributed by atoms with Gasteiger partial charge in [-0.1, -0.05) is 0 Å². The first-order valence-electron chi connectivity index (χ1n) is 7.65. The molecule has 0 aromatic carbocycles. The van der Waals surface area contributed by atoms with Crippen LogP contribution in [-0.4, -0.2) is 38.9 Å². The largest absolute Gasteiger partial charge is 0.351 e. The van der Waals surface area contributed by atoms with E-state index in [0.29, 0.717) is 6.04 Å². The number of aryl methyl sites for hydroxylation is 3. The predicted octanol–water partition coefficient (Wildman–Crippen LogP) is 1.14. The quantitative estimate of drug-likeness (QED) is 0.865. The van der Waals surface area contributed by atoms with Crippen LogP contribution in [0.15, 0.2) is 12.4 Å². The van der Waals surface area contributed by atoms with Gasteiger partial charge < -0.3 is 10.6 Å². The first-order valence-corrected chi connectivity index (χ1v) is 7.65. The molecule has 0 saturated carbocycles. The summed E-state index contributed by atoms with van der Waals surface area (Å²) in [5.74, 6) is 0.745. The van der Waals surface area contributed by atoms with Gasteiger partial charge >= 0.3 is 0 Å². The van der Waals surface area contributed by atoms with Crippen molar-refractivity contribution in [1.82, 2.24) is 25.1 Å². The van der Waals surface area contributed by atoms with E-state index in [0.717, 1.165) is 56.1 Å². The molecule has 2 N–H and O–H groups in total. The van der Waals surface area contributed by atoms with Gasteiger partial charge in [-0.05, 0) is 49.9 Å². The molecular formula is C15H20N6. The Bertz CT molecular complexity index is 656. The van der Waals surface area contributed by atoms with Gasteiger partial charge in [0.2, 0.25) is 5.95 Å². The van der Waals surface area contributed by atoms with Crippen molar-refractivity contribution in [3.05, 3.63) is 23.5 Å². The summed E-state index contributed by atoms with van der Waals surface area (Å²) >= 11 is 0. The number of nitrogens with zero attached hydrogens (tertiary/aromatic N) is 4. The van der Waals surface area contributed by atoms with Crippen LogP contribution in [0.1, 0.15) is 24.0 Å². The number of fused-ring (bicyclic) bond motifs is 3. The fraction of sp³-hybridized carbons (Fsp3) is 0.533. The molecule has 4 rings (SSSR count). The first kappa shape index (κ1) is 12.8. The molecule has 6 heteroatoms. The van der Waals surface area contributed by atoms with Gasteiger partial charge in [-0.25, -0.2) is 9.97 Å². The zero-order chi connectivity index (χ0) is 14.2. The van der Waals surface area contributed by atoms with Crippen LogP contribution in [0.3, 0.4) is 0 Å². The van der Waals surface area contributed by atoms with Crippen molar-refractivity contribution in [2.24, 2.45) is 7.05 Å². The second kappa shape index (κ2) is 5.11. The minimum Gasteiger partial charge on any atom is -0.351 e. The second-order valence-corrected chi connectivity index (χ2v) is 5.88. The van der Waals surface area contributed by atoms with Gasteiger partial charge in [0, 0.05) is 19.3 Å². The van der Waals surface area contributed by atoms with Crippen LogP contribution < -0.4 is 10.6 Å². The molecule has 3 heterocycles. The minimum atomic E-state index is 0.471. The third-order valence-corrected chi connectivity index (χ3v) is 4.44. The number of hydrogen-bond donors (Lipinski definition) is 2. The third-order valence-electron chi connectivity index (χ3n) is 4.44. The lowest BCUT2D eigenvalue weighted by Crippen LogP contribution is -2.35. The summed E-state index contributed by atoms with van der Waals surface area (Å²) in [6.45, 7) is 2.13. The van der Waals surface area contributed by atoms with Gasteiger partial charge in [0.05, 0.1) is 17.6 Å². The first-order chi connectivity index (χ1) is 10.3. The van der Waals surface area contributed by atoms with Crippen LogP contribution in [0, 0.1) is 0 Å². The van der Waals surface area contributed by atoms with E-state index in [1.807, 2.05) is 24.1 Å². The highest BCUT2D eigenvalue weighted by molar-refractivity contribution is 5.66. The molecule has 0 spiro atoms. The van der Waals surface area contributed by atoms with Crippen molar-refractivity contribution in [3.8, 4) is 11.4 Å². The normalized spacial score (nSPS) is 18.1. The van der Waals surface area contributed by atoms with Crippen molar-refractivity contribution >= 4 is 5.95 Å². The molecule has 1 aliphatic carbocycles. The van der Waals surface area contributed by atoms with E-state index < -0.39 is 0 Å². The van der Waals surface area contributed by atoms with Gasteiger partial charge in [-0.15, -0.1) is 0 Å². The average Bonchev–Trinajstić information content (AvgIpc) is 2.90. The summed E-state index contributed by atoms with van der Waals surface area (Å²) in [6, 6.07) is 0.471. The summed E-state index contributed by atoms with van der Waals surface area (Å²) in [4.78, 5) is 9.28. The molecule has 1 fully saturated rings. The van der Waals surface area contributed by atoms with E-state index in [2.05, 4.69) is 20.7 Å². The van der Waals surface area contributed by atoms with Crippen LogP contribution in [0.2, 0.25) is 0 Å². The number of piperidine rings is 1. The van der Waals surface area contributed by atoms with Crippen LogP contribution >= 0.6 is 0 Å². The number of anilines is 1. The van der Waals surface area contributed by atoms with Gasteiger partial charge in [-0.2, -0.15) is 5.10 Å². The van der Waals surface area contributed by atoms with Crippen LogP contribution in [0.25, 0.3) is 11.4 Å². The molecule has 2 aromatic rings. The Kier molecular flexibility index (Phi) is 3.11. The lowest BCUT2D eigenvalue weighted by molar-refractivity contribution is 0.477. The molecule has 0 unspecified atom stereocenters. The fourth-order valence-corrected chi connectivity index (χ4v) is 3.25. The van der Waals surface area contributed by atoms with Crippen LogP contribution in [0.4, 0.5) is 5.95 Å². The number of hydrogen-bond acceptors (Lipinski definition) is 5. The molecular weight excluding hydrogens is 264 g/mol. The Morgan fingerprint density at radius 2 is 2.00 bits per heavy atom. The van der Waals surface area contributed by atoms with Gasteiger partial charge in [-0.3, -0.25) is 4.68 Å². The summed E-state index contributed by atoms with van der Waals surface area (Å²) < 4.78 is 1.93. The highest BCUT2D eigenvalue weighted by atomic mass is 15.3. The summed E-state index contributed by atoms with van der Waals surface area (Å²) in [6.07, 6.45) is 8.21. The van der Waals surface area contributed by atoms with E-state index in [1.54, 1.807) is 0 Å². The topological polar surface area (TPSA) is 67.7 Å². The number of nitrogens with one attached hydrogen (secondary N) is 2. The van der Waals surface area contributed by atoms with E-state index >= 15 is 0 Å². The Balaban J connectivity index is 1.66. The Morgan fingerprint density at radius 3 is 2.86 bits per heavy atom. The Labute approximate surface area is 124 Å². The van der Waals surface area contributed by atoms with Crippen molar-refractivity contribution < 1.29 is 0 Å². The highest BCUT2D eigenvalue weighted by Gasteiger charge is 2.23. The summed E-state index contributed by atoms with van der Waals surface area (Å²) in [5, 5.41) is 11.2. The zero-order valence-corrected chi connectivity index (χ0v) is 12.3. The SMILES string of the molecule is Cn1ncc2c1-c1nc(NC3CCNCC3)ncc1CC2. The van der Waals surface area contributed by atoms with E-state index in [9.17, 15) is 0 Å². The van der Waals surface area contributed by atoms with Crippen molar-refractivity contribution in [2.45, 2.75) is 31.7 Å². The summed E-state index contributed by atoms with van der Waals surface area (Å²) in [7, 11) is 1.98. The van der Waals surface area contributed by atoms with Crippen molar-refractivity contribution in [2.75, 3.05) is 18.4 Å². The van der Waals surface area contributed by atoms with Crippen LogP contribution in [-0.2, 0) is 19.9 Å². The lowest BCUT2D eigenvalue weighted by atomic mass is 9.95. The highest BCUT2D eigenvalue weighted by Crippen LogP contribution is 2.31. The molecule has 0 amide bonds. The van der Waals surface area contributed by atoms with Gasteiger partial charge in [0.15, 0.2) is 0 Å². The number of aromatic nitrogens is 4. The van der Waals surface area contributed by atoms with Gasteiger partial charge in [0.1, 0.15) is 0 Å². The summed E-state index contributed by atoms with van der Waals surface area (Å²) in [5.41, 5.74) is 4.70. The average molecular weight is 284 g/mol. The van der Waals surface area contributed by atoms with Crippen molar-refractivity contribution in [3.63, 3.8) is 0 Å². The Morgan fingerprint density at radius 1 is 1.19 bits per heavy atom. The van der Waals surface area contributed by atoms with Crippen molar-refractivity contribution in [1.29, 1.82) is 0 Å². The molecule has 1 saturated heterocycles. The van der Waals surface area contributed by atoms with Crippen LogP contribution in [0.5, 0.6) is 0 Å². The standard InChI is InChI=1S/C15H20N6/c1-21-14-11(9-18-21)3-2-10-8-17-15(20-13(10)14)19-12-4-6-16-7-5-12/h8-9,12,16H,2-7H2,1H3,(H,17,19,20). The molecule has 2 aliphatic rings. The third kappa shape index (κ3) is 2.29. The smallest absolute Gasteiger partial charge is 0.223 e. The van der Waals surface area contributed by atoms with E-state index in [4.69, 9.17) is 4.98 Å². The molecule has 21 heavy (non-hydrogen) atoms. The molecule has 6 nitrogen and oxygen atoms in total. The monoisotopic (exact) mass is 284 g/mol. The second-order valence-electron chi connectivity index (χ2n) is 5.88. The maximum absolute atomic E-state index is 4.78. The molecule has 110 valence electrons. The lowest BCUT2D eigenvalue weighted by Gasteiger charge is -2.24. The van der Waals surface area contributed by atoms with E-state index in [-0.39, 0.29) is 0 Å².